The lowest BCUT2D eigenvalue weighted by Crippen LogP contribution is -2.27. The Morgan fingerprint density at radius 2 is 1.88 bits per heavy atom. The molecule has 8 heteroatoms. The fourth-order valence-electron chi connectivity index (χ4n) is 2.23. The average molecular weight is 452 g/mol. The highest BCUT2D eigenvalue weighted by Gasteiger charge is 2.09. The second kappa shape index (κ2) is 9.21. The predicted molar refractivity (Wildman–Crippen MR) is 108 cm³/mol. The number of halogens is 2. The molecule has 0 aliphatic heterocycles. The fraction of sp³-hybridized carbons (Fsp3) is 0.167. The molecule has 0 unspecified atom stereocenters. The van der Waals surface area contributed by atoms with Crippen LogP contribution in [0.3, 0.4) is 0 Å². The van der Waals surface area contributed by atoms with Crippen LogP contribution in [0.2, 0.25) is 5.02 Å². The maximum absolute atomic E-state index is 12.0. The zero-order chi connectivity index (χ0) is 18.4. The fourth-order valence-corrected chi connectivity index (χ4v) is 3.24. The predicted octanol–water partition coefficient (Wildman–Crippen LogP) is 4.34. The van der Waals surface area contributed by atoms with Gasteiger partial charge in [0.25, 0.3) is 0 Å². The van der Waals surface area contributed by atoms with Crippen molar-refractivity contribution in [1.82, 2.24) is 20.5 Å². The summed E-state index contributed by atoms with van der Waals surface area (Å²) < 4.78 is 1.01. The van der Waals surface area contributed by atoms with Crippen LogP contribution >= 0.6 is 39.3 Å². The van der Waals surface area contributed by atoms with E-state index in [9.17, 15) is 4.79 Å². The topological polar surface area (TPSA) is 70.7 Å². The van der Waals surface area contributed by atoms with Crippen LogP contribution in [-0.4, -0.2) is 33.4 Å². The third-order valence-corrected chi connectivity index (χ3v) is 5.19. The molecule has 0 radical (unpaired) electrons. The quantitative estimate of drug-likeness (QED) is 0.524. The zero-order valence-electron chi connectivity index (χ0n) is 13.7. The molecule has 1 heterocycles. The first kappa shape index (κ1) is 18.9. The van der Waals surface area contributed by atoms with Crippen molar-refractivity contribution < 1.29 is 4.79 Å². The third kappa shape index (κ3) is 5.59. The van der Waals surface area contributed by atoms with Crippen molar-refractivity contribution in [1.29, 1.82) is 0 Å². The number of hydrogen-bond acceptors (Lipinski definition) is 4. The summed E-state index contributed by atoms with van der Waals surface area (Å²) in [6.45, 7) is 0.583. The molecule has 0 atom stereocenters. The van der Waals surface area contributed by atoms with E-state index < -0.39 is 0 Å². The average Bonchev–Trinajstić information content (AvgIpc) is 3.11. The highest BCUT2D eigenvalue weighted by atomic mass is 79.9. The molecule has 0 aliphatic carbocycles. The van der Waals surface area contributed by atoms with Crippen molar-refractivity contribution in [3.05, 3.63) is 63.6 Å². The normalized spacial score (nSPS) is 10.7. The van der Waals surface area contributed by atoms with Crippen LogP contribution < -0.4 is 5.32 Å². The third-order valence-electron chi connectivity index (χ3n) is 3.56. The summed E-state index contributed by atoms with van der Waals surface area (Å²) in [5, 5.41) is 11.2. The van der Waals surface area contributed by atoms with Gasteiger partial charge in [-0.3, -0.25) is 9.89 Å². The second-order valence-electron chi connectivity index (χ2n) is 5.49. The Morgan fingerprint density at radius 1 is 1.15 bits per heavy atom. The molecule has 134 valence electrons. The Bertz CT molecular complexity index is 868. The van der Waals surface area contributed by atoms with Gasteiger partial charge in [0.15, 0.2) is 5.82 Å². The van der Waals surface area contributed by atoms with Gasteiger partial charge in [0.05, 0.1) is 5.75 Å². The van der Waals surface area contributed by atoms with E-state index in [-0.39, 0.29) is 11.7 Å². The van der Waals surface area contributed by atoms with Crippen LogP contribution in [-0.2, 0) is 11.2 Å². The van der Waals surface area contributed by atoms with Crippen molar-refractivity contribution in [3.63, 3.8) is 0 Å². The number of nitrogens with zero attached hydrogens (tertiary/aromatic N) is 2. The number of nitrogens with one attached hydrogen (secondary N) is 2. The van der Waals surface area contributed by atoms with Gasteiger partial charge in [-0.2, -0.15) is 0 Å². The van der Waals surface area contributed by atoms with Crippen LogP contribution in [0.5, 0.6) is 0 Å². The van der Waals surface area contributed by atoms with Crippen molar-refractivity contribution in [2.75, 3.05) is 12.3 Å². The van der Waals surface area contributed by atoms with E-state index in [0.717, 1.165) is 22.0 Å². The summed E-state index contributed by atoms with van der Waals surface area (Å²) in [5.41, 5.74) is 2.08. The number of rotatable bonds is 7. The maximum Gasteiger partial charge on any atom is 0.230 e. The van der Waals surface area contributed by atoms with Gasteiger partial charge in [0.2, 0.25) is 11.1 Å². The monoisotopic (exact) mass is 450 g/mol. The van der Waals surface area contributed by atoms with Crippen molar-refractivity contribution in [2.24, 2.45) is 0 Å². The van der Waals surface area contributed by atoms with E-state index in [4.69, 9.17) is 11.6 Å². The van der Waals surface area contributed by atoms with E-state index in [1.165, 1.54) is 11.8 Å². The Kier molecular flexibility index (Phi) is 6.71. The van der Waals surface area contributed by atoms with Gasteiger partial charge < -0.3 is 5.32 Å². The number of carbonyl (C=O) groups excluding carboxylic acids is 1. The molecule has 0 saturated carbocycles. The molecule has 0 bridgehead atoms. The van der Waals surface area contributed by atoms with E-state index >= 15 is 0 Å². The van der Waals surface area contributed by atoms with Crippen LogP contribution in [0.15, 0.2) is 58.2 Å². The van der Waals surface area contributed by atoms with Gasteiger partial charge in [-0.15, -0.1) is 5.10 Å². The molecular weight excluding hydrogens is 436 g/mol. The molecular formula is C18H16BrClN4OS. The summed E-state index contributed by atoms with van der Waals surface area (Å²) in [6.07, 6.45) is 0.766. The molecule has 0 spiro atoms. The number of benzene rings is 2. The molecule has 0 fully saturated rings. The van der Waals surface area contributed by atoms with Crippen molar-refractivity contribution in [2.45, 2.75) is 11.6 Å². The number of H-pyrrole nitrogens is 1. The first-order valence-electron chi connectivity index (χ1n) is 7.92. The van der Waals surface area contributed by atoms with Gasteiger partial charge in [0, 0.05) is 21.6 Å². The van der Waals surface area contributed by atoms with E-state index in [1.807, 2.05) is 48.5 Å². The number of carbonyl (C=O) groups is 1. The molecule has 5 nitrogen and oxygen atoms in total. The number of amides is 1. The lowest BCUT2D eigenvalue weighted by Gasteiger charge is -2.04. The Hall–Kier alpha value is -1.83. The molecule has 3 rings (SSSR count). The summed E-state index contributed by atoms with van der Waals surface area (Å²) in [7, 11) is 0. The van der Waals surface area contributed by atoms with Gasteiger partial charge in [-0.1, -0.05) is 63.6 Å². The molecule has 0 saturated heterocycles. The molecule has 3 aromatic rings. The summed E-state index contributed by atoms with van der Waals surface area (Å²) >= 11 is 10.6. The zero-order valence-corrected chi connectivity index (χ0v) is 16.9. The largest absolute Gasteiger partial charge is 0.355 e. The summed E-state index contributed by atoms with van der Waals surface area (Å²) in [4.78, 5) is 16.4. The van der Waals surface area contributed by atoms with Crippen LogP contribution in [0.4, 0.5) is 0 Å². The van der Waals surface area contributed by atoms with Gasteiger partial charge in [0.1, 0.15) is 0 Å². The van der Waals surface area contributed by atoms with Crippen LogP contribution in [0, 0.1) is 0 Å². The van der Waals surface area contributed by atoms with Gasteiger partial charge >= 0.3 is 0 Å². The molecule has 2 N–H and O–H groups in total. The lowest BCUT2D eigenvalue weighted by molar-refractivity contribution is -0.118. The number of thioether (sulfide) groups is 1. The smallest absolute Gasteiger partial charge is 0.230 e. The first-order valence-corrected chi connectivity index (χ1v) is 10.1. The van der Waals surface area contributed by atoms with Crippen LogP contribution in [0.25, 0.3) is 11.4 Å². The lowest BCUT2D eigenvalue weighted by atomic mass is 10.1. The highest BCUT2D eigenvalue weighted by Crippen LogP contribution is 2.21. The number of aromatic nitrogens is 3. The van der Waals surface area contributed by atoms with Crippen molar-refractivity contribution >= 4 is 45.2 Å². The maximum atomic E-state index is 12.0. The molecule has 1 amide bonds. The van der Waals surface area contributed by atoms with E-state index in [0.29, 0.717) is 22.5 Å². The highest BCUT2D eigenvalue weighted by molar-refractivity contribution is 9.10. The minimum atomic E-state index is -0.0426. The first-order chi connectivity index (χ1) is 12.6. The molecule has 2 aromatic carbocycles. The molecule has 0 aliphatic rings. The van der Waals surface area contributed by atoms with Gasteiger partial charge in [-0.25, -0.2) is 4.98 Å². The van der Waals surface area contributed by atoms with E-state index in [2.05, 4.69) is 36.4 Å². The Labute approximate surface area is 169 Å². The number of aromatic amines is 1. The summed E-state index contributed by atoms with van der Waals surface area (Å²) in [6, 6.07) is 15.4. The van der Waals surface area contributed by atoms with Crippen molar-refractivity contribution in [3.8, 4) is 11.4 Å². The minimum Gasteiger partial charge on any atom is -0.355 e. The molecule has 26 heavy (non-hydrogen) atoms. The Morgan fingerprint density at radius 3 is 2.62 bits per heavy atom. The SMILES string of the molecule is O=C(CSc1n[nH]c(-c2ccc(Br)cc2)n1)NCCc1ccc(Cl)cc1. The second-order valence-corrected chi connectivity index (χ2v) is 7.78. The van der Waals surface area contributed by atoms with Gasteiger partial charge in [-0.05, 0) is 36.2 Å². The van der Waals surface area contributed by atoms with E-state index in [1.54, 1.807) is 0 Å². The Balaban J connectivity index is 1.43. The summed E-state index contributed by atoms with van der Waals surface area (Å²) in [5.74, 6) is 0.917. The van der Waals surface area contributed by atoms with Crippen LogP contribution in [0.1, 0.15) is 5.56 Å². The minimum absolute atomic E-state index is 0.0426. The number of hydrogen-bond donors (Lipinski definition) is 2. The standard InChI is InChI=1S/C18H16BrClN4OS/c19-14-5-3-13(4-6-14)17-22-18(24-23-17)26-11-16(25)21-10-9-12-1-7-15(20)8-2-12/h1-8H,9-11H2,(H,21,25)(H,22,23,24). The molecule has 1 aromatic heterocycles.